The van der Waals surface area contributed by atoms with Gasteiger partial charge in [0, 0.05) is 34.6 Å². The molecule has 0 saturated carbocycles. The standard InChI is InChI=1S/C76H127N5O56/c1-17(91)77-33-44(102)58(26(10-86)119-66(33)116)130-68-35(79-19(3)93)46(104)62(30(14-90)125-68)134-75-57(115)64(136-76-65(52(110)41(99)25(9-85)123-76)137-70-37(81-21(5)95)48(106)61(29(13-89)127-70)133-74-55(113)51(109)40(98)24(8-84)122-74)43(101)32(129-75)16-118-71-56(114)63(135-69-36(80-20(4)94)47(105)60(28(12-88)126-69)132-73-54(112)50(108)39(97)23(7-83)121-73)42(100)31(128-71)15-117-67-34(78-18(2)92)45(103)59(27(11-87)124-67)131-72-53(111)49(107)38(96)22(6-82)120-72/h22-76,82-90,96-116H,6-16H2,1-5H3,(H,77,91)(H,78,92)(H,79,93)(H,80,94)(H,81,95)/t22-,23-,24-,25-,26-,27-,28-,29-,30-,31-,32-,33-,34-,35-,36-,37-,38+,39+,40+,41-,42-,43-,44-,45-,46-,47-,48-,49+,50+,51+,52+,53-,54-,55-,56+,57+,58-,59-,60-,61-,62-,63+,64+,65+,66-,67-,68+,69+,70+,71+,72+,73+,74+,75+,76-/m1/s1. The van der Waals surface area contributed by atoms with Crippen LogP contribution in [-0.2, 0) is 123 Å². The maximum absolute atomic E-state index is 13.2. The molecule has 11 heterocycles. The van der Waals surface area contributed by atoms with Crippen LogP contribution in [0.3, 0.4) is 0 Å². The third-order valence-electron chi connectivity index (χ3n) is 25.0. The molecule has 5 amide bonds. The highest BCUT2D eigenvalue weighted by atomic mass is 16.8. The fourth-order valence-corrected chi connectivity index (χ4v) is 17.7. The topological polar surface area (TPSA) is 946 Å². The smallest absolute Gasteiger partial charge is 0.217 e. The van der Waals surface area contributed by atoms with E-state index >= 15 is 0 Å². The molecular weight excluding hydrogens is 1880 g/mol. The van der Waals surface area contributed by atoms with Crippen LogP contribution in [0.4, 0.5) is 0 Å². The lowest BCUT2D eigenvalue weighted by Crippen LogP contribution is -2.71. The van der Waals surface area contributed by atoms with E-state index in [-0.39, 0.29) is 0 Å². The first-order valence-electron chi connectivity index (χ1n) is 43.6. The van der Waals surface area contributed by atoms with Crippen molar-refractivity contribution in [2.75, 3.05) is 72.7 Å². The molecule has 11 rings (SSSR count). The van der Waals surface area contributed by atoms with Gasteiger partial charge in [0.25, 0.3) is 0 Å². The van der Waals surface area contributed by atoms with Crippen LogP contribution in [0.2, 0.25) is 0 Å². The number of nitrogens with one attached hydrogen (secondary N) is 5. The zero-order valence-electron chi connectivity index (χ0n) is 73.6. The lowest BCUT2D eigenvalue weighted by Gasteiger charge is -2.51. The molecule has 11 aliphatic heterocycles. The highest BCUT2D eigenvalue weighted by molar-refractivity contribution is 5.75. The first-order valence-corrected chi connectivity index (χ1v) is 43.6. The monoisotopic (exact) mass is 2010 g/mol. The molecule has 35 N–H and O–H groups in total. The van der Waals surface area contributed by atoms with Gasteiger partial charge in [-0.25, -0.2) is 0 Å². The molecule has 0 bridgehead atoms. The van der Waals surface area contributed by atoms with E-state index in [0.29, 0.717) is 0 Å². The van der Waals surface area contributed by atoms with E-state index in [4.69, 9.17) is 99.5 Å². The molecule has 0 unspecified atom stereocenters. The predicted octanol–water partition coefficient (Wildman–Crippen LogP) is -24.3. The minimum absolute atomic E-state index is 0.824. The van der Waals surface area contributed by atoms with Crippen LogP contribution >= 0.6 is 0 Å². The Morgan fingerprint density at radius 3 is 0.723 bits per heavy atom. The van der Waals surface area contributed by atoms with E-state index in [2.05, 4.69) is 26.6 Å². The Balaban J connectivity index is 0.955. The Kier molecular flexibility index (Phi) is 40.7. The summed E-state index contributed by atoms with van der Waals surface area (Å²) in [6.45, 7) is -7.95. The summed E-state index contributed by atoms with van der Waals surface area (Å²) in [6.07, 6.45) is -107. The van der Waals surface area contributed by atoms with Gasteiger partial charge in [-0.1, -0.05) is 0 Å². The highest BCUT2D eigenvalue weighted by Gasteiger charge is 2.63. The molecule has 55 atom stereocenters. The van der Waals surface area contributed by atoms with Crippen molar-refractivity contribution in [2.24, 2.45) is 0 Å². The fraction of sp³-hybridized carbons (Fsp3) is 0.934. The second-order valence-corrected chi connectivity index (χ2v) is 34.6. The van der Waals surface area contributed by atoms with E-state index in [1.807, 2.05) is 0 Å². The van der Waals surface area contributed by atoms with Crippen molar-refractivity contribution in [2.45, 2.75) is 372 Å². The van der Waals surface area contributed by atoms with Crippen molar-refractivity contribution in [1.29, 1.82) is 0 Å². The number of hydrogen-bond acceptors (Lipinski definition) is 56. The molecule has 0 spiro atoms. The number of carbonyl (C=O) groups is 5. The predicted molar refractivity (Wildman–Crippen MR) is 420 cm³/mol. The Hall–Kier alpha value is -4.69. The molecule has 0 aromatic rings. The van der Waals surface area contributed by atoms with Crippen LogP contribution in [0.1, 0.15) is 34.6 Å². The molecule has 0 radical (unpaired) electrons. The average Bonchev–Trinajstić information content (AvgIpc) is 0.764. The van der Waals surface area contributed by atoms with E-state index < -0.39 is 440 Å². The van der Waals surface area contributed by atoms with Crippen LogP contribution in [0.15, 0.2) is 0 Å². The van der Waals surface area contributed by atoms with Gasteiger partial charge in [-0.3, -0.25) is 24.0 Å². The van der Waals surface area contributed by atoms with Gasteiger partial charge in [-0.05, 0) is 0 Å². The number of rotatable bonds is 36. The van der Waals surface area contributed by atoms with Gasteiger partial charge in [-0.15, -0.1) is 0 Å². The maximum Gasteiger partial charge on any atom is 0.217 e. The average molecular weight is 2010 g/mol. The first kappa shape index (κ1) is 113. The molecule has 61 heteroatoms. The van der Waals surface area contributed by atoms with Crippen molar-refractivity contribution in [3.8, 4) is 0 Å². The van der Waals surface area contributed by atoms with Crippen molar-refractivity contribution < 1.29 is 277 Å². The zero-order chi connectivity index (χ0) is 101. The van der Waals surface area contributed by atoms with Crippen LogP contribution in [0.5, 0.6) is 0 Å². The number of ether oxygens (including phenoxy) is 21. The number of hydrogen-bond donors (Lipinski definition) is 35. The minimum atomic E-state index is -2.68. The van der Waals surface area contributed by atoms with E-state index in [1.165, 1.54) is 0 Å². The molecule has 0 aromatic heterocycles. The van der Waals surface area contributed by atoms with Crippen molar-refractivity contribution >= 4 is 29.5 Å². The number of aliphatic hydroxyl groups is 30. The molecule has 61 nitrogen and oxygen atoms in total. The van der Waals surface area contributed by atoms with E-state index in [1.54, 1.807) is 0 Å². The molecule has 137 heavy (non-hydrogen) atoms. The number of aliphatic hydroxyl groups excluding tert-OH is 30. The summed E-state index contributed by atoms with van der Waals surface area (Å²) in [5, 5.41) is 349. The van der Waals surface area contributed by atoms with Crippen LogP contribution in [-0.4, -0.2) is 593 Å². The van der Waals surface area contributed by atoms with Crippen molar-refractivity contribution in [3.05, 3.63) is 0 Å². The fourth-order valence-electron chi connectivity index (χ4n) is 17.7. The number of amides is 5. The molecule has 792 valence electrons. The largest absolute Gasteiger partial charge is 0.394 e. The van der Waals surface area contributed by atoms with Gasteiger partial charge in [0.15, 0.2) is 69.2 Å². The summed E-state index contributed by atoms with van der Waals surface area (Å²) in [5.41, 5.74) is 0. The molecule has 0 aliphatic carbocycles. The molecule has 11 saturated heterocycles. The molecule has 11 aliphatic rings. The lowest BCUT2D eigenvalue weighted by atomic mass is 9.93. The summed E-state index contributed by atoms with van der Waals surface area (Å²) in [6, 6.07) is -9.66. The normalized spacial score (nSPS) is 48.9. The van der Waals surface area contributed by atoms with Crippen molar-refractivity contribution in [1.82, 2.24) is 26.6 Å². The second-order valence-electron chi connectivity index (χ2n) is 34.6. The summed E-state index contributed by atoms with van der Waals surface area (Å²) in [5.74, 6) is -4.78. The van der Waals surface area contributed by atoms with E-state index in [9.17, 15) is 177 Å². The summed E-state index contributed by atoms with van der Waals surface area (Å²) < 4.78 is 125. The number of carbonyl (C=O) groups excluding carboxylic acids is 5. The second kappa shape index (κ2) is 49.5. The Morgan fingerprint density at radius 1 is 0.190 bits per heavy atom. The minimum Gasteiger partial charge on any atom is -0.394 e. The van der Waals surface area contributed by atoms with Gasteiger partial charge >= 0.3 is 0 Å². The van der Waals surface area contributed by atoms with Crippen molar-refractivity contribution in [3.63, 3.8) is 0 Å². The zero-order valence-corrected chi connectivity index (χ0v) is 73.6. The highest BCUT2D eigenvalue weighted by Crippen LogP contribution is 2.42. The first-order chi connectivity index (χ1) is 64.8. The van der Waals surface area contributed by atoms with Gasteiger partial charge < -0.3 is 279 Å². The third-order valence-corrected chi connectivity index (χ3v) is 25.0. The van der Waals surface area contributed by atoms with Gasteiger partial charge in [-0.2, -0.15) is 0 Å². The summed E-state index contributed by atoms with van der Waals surface area (Å²) >= 11 is 0. The molecular formula is C76H127N5O56. The van der Waals surface area contributed by atoms with Gasteiger partial charge in [0.2, 0.25) is 29.5 Å². The summed E-state index contributed by atoms with van der Waals surface area (Å²) in [7, 11) is 0. The Bertz CT molecular complexity index is 3780. The maximum atomic E-state index is 13.2. The van der Waals surface area contributed by atoms with Crippen LogP contribution < -0.4 is 26.6 Å². The molecule has 11 fully saturated rings. The van der Waals surface area contributed by atoms with E-state index in [0.717, 1.165) is 34.6 Å². The van der Waals surface area contributed by atoms with Gasteiger partial charge in [0.1, 0.15) is 268 Å². The lowest BCUT2D eigenvalue weighted by molar-refractivity contribution is -0.398. The van der Waals surface area contributed by atoms with Gasteiger partial charge in [0.05, 0.1) is 72.7 Å². The summed E-state index contributed by atoms with van der Waals surface area (Å²) in [4.78, 5) is 64.8. The molecule has 0 aromatic carbocycles. The quantitative estimate of drug-likeness (QED) is 0.0277. The van der Waals surface area contributed by atoms with Crippen LogP contribution in [0, 0.1) is 0 Å². The SMILES string of the molecule is CC(=O)N[C@@H]1[C@@H](O)[C@H](O[C@@H]2O[C@H](CO)[C@@H](O[C@@H]3O[C@H](CO[C@H]4O[C@H](CO[C@@H]5O[C@H](CO)[C@@H](O[C@@H]6O[C@H](CO)[C@H](O)[C@H](O)[C@H]6O)[C@H](O)[C@H]5NC(C)=O)[C@@H](O)[C@H](O[C@@H]5O[C@H](CO)[C@@H](O[C@@H]6O[C@H](CO)[C@H](O)[C@H](O)[C@H]6O)[C@H](O)[C@H]5NC(C)=O)[C@@H]4O)[C@@H](O)[C@H](O[C@H]4O[C@H](CO)[C@@H](O)[C@H](O)[C@@H]4O[C@@H]4O[C@H](CO)[C@@H](O[C@@H]5O[C@H](CO)[C@H](O)[C@H](O)[C@H]5O)[C@H](O)[C@H]4NC(C)=O)[C@@H]3O)[C@H](O)[C@H]2NC(C)=O)[C@@H](CO)O[C@H]1O. The van der Waals surface area contributed by atoms with Crippen LogP contribution in [0.25, 0.3) is 0 Å². The third kappa shape index (κ3) is 25.2. The Labute approximate surface area is 775 Å². The Morgan fingerprint density at radius 2 is 0.401 bits per heavy atom.